The summed E-state index contributed by atoms with van der Waals surface area (Å²) in [5, 5.41) is 1.72. The molecule has 3 aromatic rings. The summed E-state index contributed by atoms with van der Waals surface area (Å²) in [7, 11) is 0.653. The normalized spacial score (nSPS) is 23.6. The maximum absolute atomic E-state index is 12.9. The molecule has 1 aromatic carbocycles. The van der Waals surface area contributed by atoms with Crippen molar-refractivity contribution in [3.05, 3.63) is 40.2 Å². The van der Waals surface area contributed by atoms with E-state index in [9.17, 15) is 4.21 Å². The molecule has 8 heteroatoms. The van der Waals surface area contributed by atoms with Crippen LogP contribution in [0.1, 0.15) is 30.2 Å². The molecule has 1 saturated carbocycles. The van der Waals surface area contributed by atoms with E-state index in [1.165, 1.54) is 0 Å². The van der Waals surface area contributed by atoms with Crippen molar-refractivity contribution in [1.29, 1.82) is 0 Å². The van der Waals surface area contributed by atoms with Crippen LogP contribution in [0.5, 0.6) is 5.75 Å². The van der Waals surface area contributed by atoms with E-state index in [-0.39, 0.29) is 10.8 Å². The summed E-state index contributed by atoms with van der Waals surface area (Å²) >= 11 is 8.14. The molecule has 0 radical (unpaired) electrons. The number of ether oxygens (including phenoxy) is 1. The second-order valence-corrected chi connectivity index (χ2v) is 10.6. The fourth-order valence-electron chi connectivity index (χ4n) is 4.03. The lowest BCUT2D eigenvalue weighted by molar-refractivity contribution is 0.419. The van der Waals surface area contributed by atoms with Crippen molar-refractivity contribution in [3.8, 4) is 16.3 Å². The van der Waals surface area contributed by atoms with Gasteiger partial charge in [0.1, 0.15) is 16.3 Å². The van der Waals surface area contributed by atoms with Gasteiger partial charge in [-0.2, -0.15) is 0 Å². The minimum absolute atomic E-state index is 0.239. The number of amidine groups is 1. The smallest absolute Gasteiger partial charge is 0.142 e. The Labute approximate surface area is 174 Å². The molecule has 146 valence electrons. The number of aromatic nitrogens is 1. The molecule has 2 unspecified atom stereocenters. The Hall–Kier alpha value is -1.83. The molecule has 1 fully saturated rings. The van der Waals surface area contributed by atoms with Crippen LogP contribution in [-0.2, 0) is 10.8 Å². The number of halogens is 1. The number of nitrogens with one attached hydrogen (secondary N) is 1. The first-order chi connectivity index (χ1) is 13.5. The van der Waals surface area contributed by atoms with Gasteiger partial charge < -0.3 is 15.5 Å². The van der Waals surface area contributed by atoms with Gasteiger partial charge >= 0.3 is 0 Å². The Morgan fingerprint density at radius 3 is 2.89 bits per heavy atom. The van der Waals surface area contributed by atoms with E-state index in [1.807, 2.05) is 24.3 Å². The molecule has 1 aliphatic heterocycles. The van der Waals surface area contributed by atoms with Crippen molar-refractivity contribution < 1.29 is 8.95 Å². The highest BCUT2D eigenvalue weighted by atomic mass is 35.5. The van der Waals surface area contributed by atoms with Crippen LogP contribution < -0.4 is 10.5 Å². The number of hydrogen-bond donors (Lipinski definition) is 2. The first kappa shape index (κ1) is 18.2. The molecule has 3 N–H and O–H groups in total. The second kappa shape index (κ2) is 6.61. The molecule has 5 rings (SSSR count). The quantitative estimate of drug-likeness (QED) is 0.631. The summed E-state index contributed by atoms with van der Waals surface area (Å²) in [5.41, 5.74) is 8.17. The van der Waals surface area contributed by atoms with E-state index >= 15 is 0 Å². The average molecular weight is 434 g/mol. The first-order valence-corrected chi connectivity index (χ1v) is 11.7. The highest BCUT2D eigenvalue weighted by Crippen LogP contribution is 2.46. The van der Waals surface area contributed by atoms with Gasteiger partial charge in [0.25, 0.3) is 0 Å². The number of rotatable bonds is 3. The predicted octanol–water partition coefficient (Wildman–Crippen LogP) is 4.64. The molecule has 1 spiro atoms. The third kappa shape index (κ3) is 2.64. The number of methoxy groups -OCH3 is 1. The van der Waals surface area contributed by atoms with Gasteiger partial charge in [0.15, 0.2) is 0 Å². The van der Waals surface area contributed by atoms with Crippen LogP contribution in [0.15, 0.2) is 35.3 Å². The summed E-state index contributed by atoms with van der Waals surface area (Å²) in [6.45, 7) is 0. The van der Waals surface area contributed by atoms with Crippen LogP contribution >= 0.6 is 22.9 Å². The van der Waals surface area contributed by atoms with Gasteiger partial charge in [-0.3, -0.25) is 9.20 Å². The second-order valence-electron chi connectivity index (χ2n) is 7.32. The van der Waals surface area contributed by atoms with Crippen molar-refractivity contribution in [3.63, 3.8) is 0 Å². The summed E-state index contributed by atoms with van der Waals surface area (Å²) in [4.78, 5) is 10.1. The zero-order valence-corrected chi connectivity index (χ0v) is 17.7. The zero-order chi connectivity index (χ0) is 19.5. The highest BCUT2D eigenvalue weighted by Gasteiger charge is 2.50. The fourth-order valence-corrected chi connectivity index (χ4v) is 7.49. The maximum atomic E-state index is 12.9. The predicted molar refractivity (Wildman–Crippen MR) is 117 cm³/mol. The lowest BCUT2D eigenvalue weighted by Gasteiger charge is -2.43. The fraction of sp³-hybridized carbons (Fsp3) is 0.350. The molecule has 1 aliphatic carbocycles. The topological polar surface area (TPSA) is 80.5 Å². The number of thiophene rings is 1. The van der Waals surface area contributed by atoms with Crippen LogP contribution in [-0.4, -0.2) is 32.6 Å². The number of fused-ring (bicyclic) bond motifs is 1. The molecule has 0 saturated heterocycles. The van der Waals surface area contributed by atoms with Gasteiger partial charge in [0.2, 0.25) is 0 Å². The summed E-state index contributed by atoms with van der Waals surface area (Å²) in [6, 6.07) is 9.74. The molecular formula is C20H20ClN3O2S2. The SMILES string of the molecule is COc1cccc2cc(-c3cc(Cl)c(C4CS(=O)C5(CCC5)C(N)=N4)s3)[nH]c12. The van der Waals surface area contributed by atoms with Crippen molar-refractivity contribution in [2.45, 2.75) is 30.1 Å². The molecule has 5 nitrogen and oxygen atoms in total. The molecule has 2 aromatic heterocycles. The van der Waals surface area contributed by atoms with Gasteiger partial charge in [0, 0.05) is 21.1 Å². The lowest BCUT2D eigenvalue weighted by atomic mass is 9.83. The van der Waals surface area contributed by atoms with Crippen LogP contribution in [0.4, 0.5) is 0 Å². The van der Waals surface area contributed by atoms with E-state index in [2.05, 4.69) is 11.1 Å². The highest BCUT2D eigenvalue weighted by molar-refractivity contribution is 7.87. The van der Waals surface area contributed by atoms with E-state index in [0.29, 0.717) is 16.6 Å². The number of nitrogens with zero attached hydrogens (tertiary/aromatic N) is 1. The summed E-state index contributed by atoms with van der Waals surface area (Å²) < 4.78 is 17.9. The monoisotopic (exact) mass is 433 g/mol. The van der Waals surface area contributed by atoms with Gasteiger partial charge in [0.05, 0.1) is 40.0 Å². The summed E-state index contributed by atoms with van der Waals surface area (Å²) in [6.07, 6.45) is 2.82. The number of aromatic amines is 1. The third-order valence-electron chi connectivity index (χ3n) is 5.79. The van der Waals surface area contributed by atoms with E-state index in [4.69, 9.17) is 27.1 Å². The molecule has 2 atom stereocenters. The van der Waals surface area contributed by atoms with Crippen molar-refractivity contribution >= 4 is 50.5 Å². The summed E-state index contributed by atoms with van der Waals surface area (Å²) in [5.74, 6) is 1.83. The van der Waals surface area contributed by atoms with Gasteiger partial charge in [-0.15, -0.1) is 11.3 Å². The van der Waals surface area contributed by atoms with Crippen molar-refractivity contribution in [2.24, 2.45) is 10.7 Å². The number of benzene rings is 1. The van der Waals surface area contributed by atoms with Crippen LogP contribution in [0.2, 0.25) is 5.02 Å². The van der Waals surface area contributed by atoms with Crippen LogP contribution in [0, 0.1) is 0 Å². The minimum atomic E-state index is -1.01. The van der Waals surface area contributed by atoms with E-state index in [1.54, 1.807) is 18.4 Å². The Balaban J connectivity index is 1.52. The molecule has 2 aliphatic rings. The number of para-hydroxylation sites is 1. The van der Waals surface area contributed by atoms with Gasteiger partial charge in [-0.05, 0) is 37.5 Å². The van der Waals surface area contributed by atoms with Gasteiger partial charge in [-0.25, -0.2) is 0 Å². The van der Waals surface area contributed by atoms with Crippen LogP contribution in [0.3, 0.4) is 0 Å². The molecular weight excluding hydrogens is 414 g/mol. The Morgan fingerprint density at radius 2 is 2.21 bits per heavy atom. The Kier molecular flexibility index (Phi) is 4.30. The van der Waals surface area contributed by atoms with Gasteiger partial charge in [-0.1, -0.05) is 23.7 Å². The standard InChI is InChI=1S/C20H20ClN3O2S2/c1-26-15-5-2-4-11-8-13(23-17(11)15)16-9-12(21)18(27-16)14-10-28(25)20(6-3-7-20)19(22)24-14/h2,4-5,8-9,14,23H,3,6-7,10H2,1H3,(H2,22,24). The number of hydrogen-bond acceptors (Lipinski definition) is 5. The molecule has 28 heavy (non-hydrogen) atoms. The average Bonchev–Trinajstić information content (AvgIpc) is 3.23. The zero-order valence-electron chi connectivity index (χ0n) is 15.3. The largest absolute Gasteiger partial charge is 0.495 e. The van der Waals surface area contributed by atoms with Crippen molar-refractivity contribution in [2.75, 3.05) is 12.9 Å². The number of nitrogens with two attached hydrogens (primary N) is 1. The van der Waals surface area contributed by atoms with Crippen LogP contribution in [0.25, 0.3) is 21.5 Å². The molecule has 0 amide bonds. The first-order valence-electron chi connectivity index (χ1n) is 9.19. The molecule has 0 bridgehead atoms. The van der Waals surface area contributed by atoms with Crippen molar-refractivity contribution in [1.82, 2.24) is 4.98 Å². The molecule has 3 heterocycles. The Morgan fingerprint density at radius 1 is 1.39 bits per heavy atom. The number of H-pyrrole nitrogens is 1. The number of aliphatic imine (C=N–C) groups is 1. The third-order valence-corrected chi connectivity index (χ3v) is 9.59. The lowest BCUT2D eigenvalue weighted by Crippen LogP contribution is -2.56. The van der Waals surface area contributed by atoms with E-state index in [0.717, 1.165) is 51.4 Å². The Bertz CT molecular complexity index is 1130. The van der Waals surface area contributed by atoms with E-state index < -0.39 is 10.8 Å². The minimum Gasteiger partial charge on any atom is -0.495 e. The maximum Gasteiger partial charge on any atom is 0.142 e.